The standard InChI is InChI=1S/C21H25N7O/c1-15-8-9-22-19(12-15)27-20-13-18(25-14-26-20)23-10-11-24-21(29)16-4-6-17(7-5-16)28(2)3/h4-9,12-14H,10-11H2,1-3H3,(H,24,29)(H2,22,23,25,26,27). The maximum absolute atomic E-state index is 12.2. The second kappa shape index (κ2) is 9.50. The quantitative estimate of drug-likeness (QED) is 0.508. The number of hydrogen-bond donors (Lipinski definition) is 3. The molecule has 0 fully saturated rings. The maximum Gasteiger partial charge on any atom is 0.251 e. The van der Waals surface area contributed by atoms with E-state index in [9.17, 15) is 4.79 Å². The Balaban J connectivity index is 1.47. The summed E-state index contributed by atoms with van der Waals surface area (Å²) < 4.78 is 0. The molecule has 1 aromatic carbocycles. The fourth-order valence-electron chi connectivity index (χ4n) is 2.64. The molecule has 2 aromatic heterocycles. The molecule has 0 aliphatic rings. The van der Waals surface area contributed by atoms with Gasteiger partial charge in [0.1, 0.15) is 23.8 Å². The highest BCUT2D eigenvalue weighted by atomic mass is 16.1. The lowest BCUT2D eigenvalue weighted by atomic mass is 10.2. The molecule has 29 heavy (non-hydrogen) atoms. The van der Waals surface area contributed by atoms with E-state index in [1.54, 1.807) is 12.3 Å². The monoisotopic (exact) mass is 391 g/mol. The van der Waals surface area contributed by atoms with E-state index in [1.165, 1.54) is 6.33 Å². The van der Waals surface area contributed by atoms with Crippen molar-refractivity contribution in [2.75, 3.05) is 42.7 Å². The van der Waals surface area contributed by atoms with E-state index < -0.39 is 0 Å². The first kappa shape index (κ1) is 20.1. The SMILES string of the molecule is Cc1ccnc(Nc2cc(NCCNC(=O)c3ccc(N(C)C)cc3)ncn2)c1. The molecule has 0 bridgehead atoms. The minimum Gasteiger partial charge on any atom is -0.378 e. The number of pyridine rings is 1. The van der Waals surface area contributed by atoms with Gasteiger partial charge in [-0.3, -0.25) is 4.79 Å². The van der Waals surface area contributed by atoms with Crippen molar-refractivity contribution in [1.82, 2.24) is 20.3 Å². The van der Waals surface area contributed by atoms with Gasteiger partial charge in [0, 0.05) is 50.7 Å². The Morgan fingerprint density at radius 3 is 2.38 bits per heavy atom. The molecule has 1 amide bonds. The first-order valence-electron chi connectivity index (χ1n) is 9.32. The Labute approximate surface area is 170 Å². The van der Waals surface area contributed by atoms with Gasteiger partial charge < -0.3 is 20.9 Å². The third kappa shape index (κ3) is 5.90. The van der Waals surface area contributed by atoms with Gasteiger partial charge in [0.15, 0.2) is 0 Å². The van der Waals surface area contributed by atoms with Gasteiger partial charge in [0.25, 0.3) is 5.91 Å². The van der Waals surface area contributed by atoms with E-state index in [-0.39, 0.29) is 5.91 Å². The Morgan fingerprint density at radius 2 is 1.66 bits per heavy atom. The van der Waals surface area contributed by atoms with E-state index in [0.29, 0.717) is 30.3 Å². The average molecular weight is 391 g/mol. The molecule has 0 spiro atoms. The highest BCUT2D eigenvalue weighted by molar-refractivity contribution is 5.94. The lowest BCUT2D eigenvalue weighted by molar-refractivity contribution is 0.0955. The lowest BCUT2D eigenvalue weighted by Gasteiger charge is -2.13. The topological polar surface area (TPSA) is 95.1 Å². The molecule has 0 aliphatic heterocycles. The summed E-state index contributed by atoms with van der Waals surface area (Å²) in [4.78, 5) is 26.9. The molecule has 0 aliphatic carbocycles. The van der Waals surface area contributed by atoms with E-state index in [2.05, 4.69) is 30.9 Å². The van der Waals surface area contributed by atoms with Gasteiger partial charge >= 0.3 is 0 Å². The van der Waals surface area contributed by atoms with Crippen LogP contribution in [0.15, 0.2) is 55.0 Å². The molecule has 8 heteroatoms. The van der Waals surface area contributed by atoms with Crippen LogP contribution in [0.5, 0.6) is 0 Å². The van der Waals surface area contributed by atoms with Crippen molar-refractivity contribution in [3.8, 4) is 0 Å². The fraction of sp³-hybridized carbons (Fsp3) is 0.238. The molecule has 3 rings (SSSR count). The van der Waals surface area contributed by atoms with Crippen LogP contribution in [0.3, 0.4) is 0 Å². The maximum atomic E-state index is 12.2. The molecular formula is C21H25N7O. The Morgan fingerprint density at radius 1 is 0.931 bits per heavy atom. The van der Waals surface area contributed by atoms with Gasteiger partial charge in [-0.1, -0.05) is 0 Å². The number of amides is 1. The van der Waals surface area contributed by atoms with Crippen molar-refractivity contribution in [3.05, 3.63) is 66.1 Å². The number of benzene rings is 1. The summed E-state index contributed by atoms with van der Waals surface area (Å²) in [6.07, 6.45) is 3.22. The average Bonchev–Trinajstić information content (AvgIpc) is 2.71. The Kier molecular flexibility index (Phi) is 6.57. The zero-order valence-corrected chi connectivity index (χ0v) is 16.8. The summed E-state index contributed by atoms with van der Waals surface area (Å²) in [7, 11) is 3.93. The zero-order valence-electron chi connectivity index (χ0n) is 16.8. The number of nitrogens with zero attached hydrogens (tertiary/aromatic N) is 4. The predicted octanol–water partition coefficient (Wildman–Crippen LogP) is 2.83. The summed E-state index contributed by atoms with van der Waals surface area (Å²) in [5.41, 5.74) is 2.80. The Hall–Kier alpha value is -3.68. The van der Waals surface area contributed by atoms with Gasteiger partial charge in [-0.2, -0.15) is 0 Å². The third-order valence-electron chi connectivity index (χ3n) is 4.20. The van der Waals surface area contributed by atoms with Gasteiger partial charge in [0.05, 0.1) is 0 Å². The molecule has 8 nitrogen and oxygen atoms in total. The van der Waals surface area contributed by atoms with E-state index in [1.807, 2.05) is 62.3 Å². The number of aromatic nitrogens is 3. The summed E-state index contributed by atoms with van der Waals surface area (Å²) in [6.45, 7) is 3.02. The van der Waals surface area contributed by atoms with Crippen LogP contribution in [0, 0.1) is 6.92 Å². The van der Waals surface area contributed by atoms with Crippen LogP contribution in [0.25, 0.3) is 0 Å². The van der Waals surface area contributed by atoms with Crippen molar-refractivity contribution in [2.24, 2.45) is 0 Å². The van der Waals surface area contributed by atoms with Crippen LogP contribution in [-0.2, 0) is 0 Å². The number of rotatable bonds is 8. The summed E-state index contributed by atoms with van der Waals surface area (Å²) in [5, 5.41) is 9.23. The minimum absolute atomic E-state index is 0.104. The molecule has 0 saturated heterocycles. The number of carbonyl (C=O) groups is 1. The van der Waals surface area contributed by atoms with Crippen LogP contribution >= 0.6 is 0 Å². The number of aryl methyl sites for hydroxylation is 1. The number of anilines is 4. The molecule has 3 aromatic rings. The zero-order chi connectivity index (χ0) is 20.6. The van der Waals surface area contributed by atoms with E-state index >= 15 is 0 Å². The van der Waals surface area contributed by atoms with Gasteiger partial charge in [-0.15, -0.1) is 0 Å². The van der Waals surface area contributed by atoms with Crippen molar-refractivity contribution in [1.29, 1.82) is 0 Å². The first-order chi connectivity index (χ1) is 14.0. The molecular weight excluding hydrogens is 366 g/mol. The van der Waals surface area contributed by atoms with Crippen molar-refractivity contribution >= 4 is 29.0 Å². The smallest absolute Gasteiger partial charge is 0.251 e. The normalized spacial score (nSPS) is 10.3. The van der Waals surface area contributed by atoms with Crippen LogP contribution in [0.1, 0.15) is 15.9 Å². The predicted molar refractivity (Wildman–Crippen MR) is 116 cm³/mol. The fourth-order valence-corrected chi connectivity index (χ4v) is 2.64. The highest BCUT2D eigenvalue weighted by Crippen LogP contribution is 2.15. The van der Waals surface area contributed by atoms with Crippen LogP contribution in [0.2, 0.25) is 0 Å². The highest BCUT2D eigenvalue weighted by Gasteiger charge is 2.06. The van der Waals surface area contributed by atoms with E-state index in [0.717, 1.165) is 17.1 Å². The summed E-state index contributed by atoms with van der Waals surface area (Å²) in [5.74, 6) is 1.93. The summed E-state index contributed by atoms with van der Waals surface area (Å²) in [6, 6.07) is 13.2. The van der Waals surface area contributed by atoms with Crippen LogP contribution < -0.4 is 20.9 Å². The molecule has 0 saturated carbocycles. The van der Waals surface area contributed by atoms with Crippen molar-refractivity contribution in [2.45, 2.75) is 6.92 Å². The molecule has 3 N–H and O–H groups in total. The van der Waals surface area contributed by atoms with Gasteiger partial charge in [0.2, 0.25) is 0 Å². The van der Waals surface area contributed by atoms with Crippen molar-refractivity contribution in [3.63, 3.8) is 0 Å². The number of hydrogen-bond acceptors (Lipinski definition) is 7. The van der Waals surface area contributed by atoms with E-state index in [4.69, 9.17) is 0 Å². The third-order valence-corrected chi connectivity index (χ3v) is 4.20. The second-order valence-corrected chi connectivity index (χ2v) is 6.76. The van der Waals surface area contributed by atoms with Crippen LogP contribution in [0.4, 0.5) is 23.1 Å². The van der Waals surface area contributed by atoms with Gasteiger partial charge in [-0.05, 0) is 48.9 Å². The second-order valence-electron chi connectivity index (χ2n) is 6.76. The largest absolute Gasteiger partial charge is 0.378 e. The van der Waals surface area contributed by atoms with Crippen LogP contribution in [-0.4, -0.2) is 48.0 Å². The molecule has 0 atom stereocenters. The van der Waals surface area contributed by atoms with Gasteiger partial charge in [-0.25, -0.2) is 15.0 Å². The lowest BCUT2D eigenvalue weighted by Crippen LogP contribution is -2.28. The minimum atomic E-state index is -0.104. The molecule has 2 heterocycles. The first-order valence-corrected chi connectivity index (χ1v) is 9.32. The molecule has 0 radical (unpaired) electrons. The molecule has 150 valence electrons. The molecule has 0 unspecified atom stereocenters. The number of carbonyl (C=O) groups excluding carboxylic acids is 1. The summed E-state index contributed by atoms with van der Waals surface area (Å²) >= 11 is 0. The number of nitrogens with one attached hydrogen (secondary N) is 3. The van der Waals surface area contributed by atoms with Crippen molar-refractivity contribution < 1.29 is 4.79 Å². The Bertz CT molecular complexity index is 957.